The van der Waals surface area contributed by atoms with Gasteiger partial charge < -0.3 is 0 Å². The first kappa shape index (κ1) is 16.6. The fraction of sp³-hybridized carbons (Fsp3) is 0.500. The second-order valence-corrected chi connectivity index (χ2v) is 7.03. The molecule has 0 aliphatic carbocycles. The van der Waals surface area contributed by atoms with Crippen molar-refractivity contribution in [2.75, 3.05) is 20.1 Å². The summed E-state index contributed by atoms with van der Waals surface area (Å²) in [6.45, 7) is 4.33. The molecular weight excluding hydrogens is 335 g/mol. The van der Waals surface area contributed by atoms with Crippen molar-refractivity contribution in [2.24, 2.45) is 0 Å². The number of hydrogen-bond donors (Lipinski definition) is 0. The molecule has 1 aromatic rings. The SMILES string of the molecule is CCN(CC)S(=O)(=O)N(C)Cc1cc(Br)ccc1F. The Bertz CT molecular complexity index is 533. The predicted molar refractivity (Wildman–Crippen MR) is 77.4 cm³/mol. The number of halogens is 2. The van der Waals surface area contributed by atoms with Crippen LogP contribution in [-0.4, -0.2) is 37.2 Å². The largest absolute Gasteiger partial charge is 0.282 e. The van der Waals surface area contributed by atoms with Crippen molar-refractivity contribution in [3.8, 4) is 0 Å². The predicted octanol–water partition coefficient (Wildman–Crippen LogP) is 2.61. The van der Waals surface area contributed by atoms with Crippen LogP contribution in [-0.2, 0) is 16.8 Å². The molecule has 0 amide bonds. The molecular formula is C12H18BrFN2O2S. The summed E-state index contributed by atoms with van der Waals surface area (Å²) in [6.07, 6.45) is 0. The zero-order valence-corrected chi connectivity index (χ0v) is 13.6. The van der Waals surface area contributed by atoms with E-state index in [1.165, 1.54) is 17.4 Å². The Balaban J connectivity index is 2.96. The van der Waals surface area contributed by atoms with Gasteiger partial charge in [0.25, 0.3) is 10.2 Å². The van der Waals surface area contributed by atoms with Crippen molar-refractivity contribution in [3.63, 3.8) is 0 Å². The molecule has 108 valence electrons. The van der Waals surface area contributed by atoms with Crippen LogP contribution < -0.4 is 0 Å². The second kappa shape index (κ2) is 6.78. The third-order valence-electron chi connectivity index (χ3n) is 2.83. The summed E-state index contributed by atoms with van der Waals surface area (Å²) in [5.41, 5.74) is 0.340. The Morgan fingerprint density at radius 1 is 1.26 bits per heavy atom. The van der Waals surface area contributed by atoms with Gasteiger partial charge in [0, 0.05) is 36.7 Å². The highest BCUT2D eigenvalue weighted by atomic mass is 79.9. The summed E-state index contributed by atoms with van der Waals surface area (Å²) >= 11 is 3.25. The average molecular weight is 353 g/mol. The molecule has 0 saturated heterocycles. The summed E-state index contributed by atoms with van der Waals surface area (Å²) in [5, 5.41) is 0. The highest BCUT2D eigenvalue weighted by Gasteiger charge is 2.25. The van der Waals surface area contributed by atoms with Crippen molar-refractivity contribution in [2.45, 2.75) is 20.4 Å². The third-order valence-corrected chi connectivity index (χ3v) is 5.41. The van der Waals surface area contributed by atoms with Gasteiger partial charge in [0.2, 0.25) is 0 Å². The minimum Gasteiger partial charge on any atom is -0.207 e. The average Bonchev–Trinajstić information content (AvgIpc) is 2.35. The zero-order chi connectivity index (χ0) is 14.6. The lowest BCUT2D eigenvalue weighted by Gasteiger charge is -2.25. The van der Waals surface area contributed by atoms with Gasteiger partial charge >= 0.3 is 0 Å². The van der Waals surface area contributed by atoms with Gasteiger partial charge in [0.15, 0.2) is 0 Å². The van der Waals surface area contributed by atoms with Crippen LogP contribution in [0.3, 0.4) is 0 Å². The molecule has 1 aromatic carbocycles. The highest BCUT2D eigenvalue weighted by molar-refractivity contribution is 9.10. The van der Waals surface area contributed by atoms with Crippen LogP contribution in [0.1, 0.15) is 19.4 Å². The molecule has 0 heterocycles. The van der Waals surface area contributed by atoms with E-state index in [-0.39, 0.29) is 6.54 Å². The normalized spacial score (nSPS) is 12.4. The maximum atomic E-state index is 13.6. The molecule has 0 spiro atoms. The summed E-state index contributed by atoms with van der Waals surface area (Å²) in [7, 11) is -2.09. The van der Waals surface area contributed by atoms with Gasteiger partial charge in [-0.2, -0.15) is 17.0 Å². The first-order valence-corrected chi connectivity index (χ1v) is 8.17. The molecule has 0 atom stereocenters. The molecule has 0 radical (unpaired) electrons. The Morgan fingerprint density at radius 3 is 2.37 bits per heavy atom. The maximum Gasteiger partial charge on any atom is 0.282 e. The molecule has 7 heteroatoms. The standard InChI is InChI=1S/C12H18BrFN2O2S/c1-4-16(5-2)19(17,18)15(3)9-10-8-11(13)6-7-12(10)14/h6-8H,4-5,9H2,1-3H3. The second-order valence-electron chi connectivity index (χ2n) is 4.08. The smallest absolute Gasteiger partial charge is 0.207 e. The molecule has 19 heavy (non-hydrogen) atoms. The topological polar surface area (TPSA) is 40.6 Å². The third kappa shape index (κ3) is 3.98. The van der Waals surface area contributed by atoms with Gasteiger partial charge in [-0.05, 0) is 18.2 Å². The van der Waals surface area contributed by atoms with Crippen molar-refractivity contribution in [1.29, 1.82) is 0 Å². The lowest BCUT2D eigenvalue weighted by molar-refractivity contribution is 0.372. The van der Waals surface area contributed by atoms with Gasteiger partial charge in [-0.3, -0.25) is 0 Å². The van der Waals surface area contributed by atoms with Crippen molar-refractivity contribution in [1.82, 2.24) is 8.61 Å². The van der Waals surface area contributed by atoms with Crippen LogP contribution >= 0.6 is 15.9 Å². The van der Waals surface area contributed by atoms with Crippen LogP contribution in [0.4, 0.5) is 4.39 Å². The van der Waals surface area contributed by atoms with E-state index in [0.717, 1.165) is 8.78 Å². The summed E-state index contributed by atoms with van der Waals surface area (Å²) < 4.78 is 41.3. The molecule has 0 fully saturated rings. The first-order valence-electron chi connectivity index (χ1n) is 5.98. The Hall–Kier alpha value is -0.500. The fourth-order valence-electron chi connectivity index (χ4n) is 1.73. The minimum absolute atomic E-state index is 0.00407. The van der Waals surface area contributed by atoms with Crippen LogP contribution in [0.2, 0.25) is 0 Å². The van der Waals surface area contributed by atoms with E-state index in [9.17, 15) is 12.8 Å². The minimum atomic E-state index is -3.54. The Labute approximate surface area is 122 Å². The molecule has 0 N–H and O–H groups in total. The van der Waals surface area contributed by atoms with E-state index >= 15 is 0 Å². The van der Waals surface area contributed by atoms with Crippen LogP contribution in [0.5, 0.6) is 0 Å². The molecule has 1 rings (SSSR count). The molecule has 0 saturated carbocycles. The van der Waals surface area contributed by atoms with E-state index in [0.29, 0.717) is 18.7 Å². The van der Waals surface area contributed by atoms with Crippen molar-refractivity contribution < 1.29 is 12.8 Å². The Kier molecular flexibility index (Phi) is 5.91. The molecule has 0 bridgehead atoms. The maximum absolute atomic E-state index is 13.6. The molecule has 0 aliphatic heterocycles. The monoisotopic (exact) mass is 352 g/mol. The summed E-state index contributed by atoms with van der Waals surface area (Å²) in [4.78, 5) is 0. The van der Waals surface area contributed by atoms with Crippen LogP contribution in [0.15, 0.2) is 22.7 Å². The van der Waals surface area contributed by atoms with Crippen LogP contribution in [0, 0.1) is 5.82 Å². The zero-order valence-electron chi connectivity index (χ0n) is 11.2. The summed E-state index contributed by atoms with van der Waals surface area (Å²) in [6, 6.07) is 4.48. The number of rotatable bonds is 6. The molecule has 0 aromatic heterocycles. The number of nitrogens with zero attached hydrogens (tertiary/aromatic N) is 2. The first-order chi connectivity index (χ1) is 8.82. The Morgan fingerprint density at radius 2 is 1.84 bits per heavy atom. The highest BCUT2D eigenvalue weighted by Crippen LogP contribution is 2.18. The number of benzene rings is 1. The van der Waals surface area contributed by atoms with Gasteiger partial charge in [0.05, 0.1) is 0 Å². The molecule has 0 unspecified atom stereocenters. The number of hydrogen-bond acceptors (Lipinski definition) is 2. The van der Waals surface area contributed by atoms with E-state index in [1.54, 1.807) is 26.0 Å². The van der Waals surface area contributed by atoms with E-state index in [4.69, 9.17) is 0 Å². The van der Waals surface area contributed by atoms with E-state index < -0.39 is 16.0 Å². The fourth-order valence-corrected chi connectivity index (χ4v) is 3.49. The van der Waals surface area contributed by atoms with Gasteiger partial charge in [-0.1, -0.05) is 29.8 Å². The molecule has 4 nitrogen and oxygen atoms in total. The van der Waals surface area contributed by atoms with E-state index in [2.05, 4.69) is 15.9 Å². The lowest BCUT2D eigenvalue weighted by Crippen LogP contribution is -2.41. The summed E-state index contributed by atoms with van der Waals surface area (Å²) in [5.74, 6) is -0.412. The quantitative estimate of drug-likeness (QED) is 0.789. The molecule has 0 aliphatic rings. The van der Waals surface area contributed by atoms with Gasteiger partial charge in [-0.25, -0.2) is 4.39 Å². The van der Waals surface area contributed by atoms with Crippen LogP contribution in [0.25, 0.3) is 0 Å². The van der Waals surface area contributed by atoms with Gasteiger partial charge in [-0.15, -0.1) is 0 Å². The van der Waals surface area contributed by atoms with E-state index in [1.807, 2.05) is 0 Å². The van der Waals surface area contributed by atoms with Crippen molar-refractivity contribution >= 4 is 26.1 Å². The van der Waals surface area contributed by atoms with Gasteiger partial charge in [0.1, 0.15) is 5.82 Å². The van der Waals surface area contributed by atoms with Crippen molar-refractivity contribution in [3.05, 3.63) is 34.1 Å². The lowest BCUT2D eigenvalue weighted by atomic mass is 10.2.